The van der Waals surface area contributed by atoms with E-state index in [1.54, 1.807) is 0 Å². The molecule has 0 unspecified atom stereocenters. The van der Waals surface area contributed by atoms with Gasteiger partial charge in [0.2, 0.25) is 5.91 Å². The number of nitrogens with zero attached hydrogens (tertiary/aromatic N) is 1. The number of carbonyl (C=O) groups is 1. The Morgan fingerprint density at radius 1 is 1.24 bits per heavy atom. The van der Waals surface area contributed by atoms with Crippen molar-refractivity contribution in [1.29, 1.82) is 0 Å². The molecule has 0 atom stereocenters. The Balaban J connectivity index is 2.30. The molecule has 1 saturated heterocycles. The third-order valence-corrected chi connectivity index (χ3v) is 4.39. The van der Waals surface area contributed by atoms with E-state index in [0.29, 0.717) is 17.7 Å². The fourth-order valence-corrected chi connectivity index (χ4v) is 2.73. The van der Waals surface area contributed by atoms with Gasteiger partial charge in [-0.3, -0.25) is 4.79 Å². The molecule has 1 rings (SSSR count). The Kier molecular flexibility index (Phi) is 5.96. The molecule has 0 spiro atoms. The zero-order chi connectivity index (χ0) is 12.7. The maximum atomic E-state index is 12.0. The largest absolute Gasteiger partial charge is 0.342 e. The van der Waals surface area contributed by atoms with Gasteiger partial charge in [0, 0.05) is 19.5 Å². The lowest BCUT2D eigenvalue weighted by molar-refractivity contribution is -0.130. The molecule has 1 aliphatic rings. The Bertz CT molecular complexity index is 236. The van der Waals surface area contributed by atoms with Crippen LogP contribution in [-0.2, 0) is 4.79 Å². The number of carbonyl (C=O) groups excluding carboxylic acids is 1. The highest BCUT2D eigenvalue weighted by Crippen LogP contribution is 2.37. The summed E-state index contributed by atoms with van der Waals surface area (Å²) in [5.41, 5.74) is 5.85. The maximum absolute atomic E-state index is 12.0. The summed E-state index contributed by atoms with van der Waals surface area (Å²) in [7, 11) is 0. The van der Waals surface area contributed by atoms with Gasteiger partial charge < -0.3 is 10.6 Å². The first kappa shape index (κ1) is 14.5. The lowest BCUT2D eigenvalue weighted by atomic mass is 9.82. The topological polar surface area (TPSA) is 46.3 Å². The van der Waals surface area contributed by atoms with Crippen molar-refractivity contribution in [2.24, 2.45) is 11.1 Å². The van der Waals surface area contributed by atoms with E-state index in [1.165, 1.54) is 19.3 Å². The summed E-state index contributed by atoms with van der Waals surface area (Å²) < 4.78 is 0. The predicted molar refractivity (Wildman–Crippen MR) is 71.7 cm³/mol. The number of nitrogens with two attached hydrogens (primary N) is 1. The van der Waals surface area contributed by atoms with E-state index in [9.17, 15) is 4.79 Å². The van der Waals surface area contributed by atoms with Crippen LogP contribution in [0, 0.1) is 5.41 Å². The standard InChI is InChI=1S/C14H28N2O/c1-3-14(4-2)9-11-16(12-14)13(17)8-6-5-7-10-15/h3-12,15H2,1-2H3. The molecule has 1 fully saturated rings. The first-order valence-corrected chi connectivity index (χ1v) is 7.15. The monoisotopic (exact) mass is 240 g/mol. The van der Waals surface area contributed by atoms with Crippen molar-refractivity contribution in [2.45, 2.75) is 58.8 Å². The molecule has 0 aliphatic carbocycles. The summed E-state index contributed by atoms with van der Waals surface area (Å²) in [5, 5.41) is 0. The van der Waals surface area contributed by atoms with Crippen LogP contribution in [0.4, 0.5) is 0 Å². The fourth-order valence-electron chi connectivity index (χ4n) is 2.73. The molecule has 3 heteroatoms. The van der Waals surface area contributed by atoms with Crippen molar-refractivity contribution in [2.75, 3.05) is 19.6 Å². The van der Waals surface area contributed by atoms with Gasteiger partial charge in [0.25, 0.3) is 0 Å². The van der Waals surface area contributed by atoms with Crippen molar-refractivity contribution >= 4 is 5.91 Å². The second kappa shape index (κ2) is 7.00. The number of unbranched alkanes of at least 4 members (excludes halogenated alkanes) is 2. The fraction of sp³-hybridized carbons (Fsp3) is 0.929. The minimum absolute atomic E-state index is 0.353. The van der Waals surface area contributed by atoms with E-state index in [4.69, 9.17) is 5.73 Å². The summed E-state index contributed by atoms with van der Waals surface area (Å²) in [4.78, 5) is 14.1. The van der Waals surface area contributed by atoms with Gasteiger partial charge in [-0.1, -0.05) is 20.3 Å². The van der Waals surface area contributed by atoms with Gasteiger partial charge in [-0.25, -0.2) is 0 Å². The quantitative estimate of drug-likeness (QED) is 0.695. The van der Waals surface area contributed by atoms with Crippen LogP contribution < -0.4 is 5.73 Å². The van der Waals surface area contributed by atoms with E-state index in [1.807, 2.05) is 0 Å². The first-order chi connectivity index (χ1) is 8.17. The van der Waals surface area contributed by atoms with Gasteiger partial charge in [-0.05, 0) is 44.1 Å². The van der Waals surface area contributed by atoms with Crippen LogP contribution in [0.5, 0.6) is 0 Å². The Labute approximate surface area is 106 Å². The third kappa shape index (κ3) is 3.98. The molecular formula is C14H28N2O. The second-order valence-corrected chi connectivity index (χ2v) is 5.37. The molecule has 1 aliphatic heterocycles. The molecule has 1 heterocycles. The highest BCUT2D eigenvalue weighted by atomic mass is 16.2. The molecular weight excluding hydrogens is 212 g/mol. The summed E-state index contributed by atoms with van der Waals surface area (Å²) in [6.45, 7) is 7.19. The maximum Gasteiger partial charge on any atom is 0.222 e. The SMILES string of the molecule is CCC1(CC)CCN(C(=O)CCCCCN)C1. The van der Waals surface area contributed by atoms with Crippen LogP contribution >= 0.6 is 0 Å². The molecule has 3 nitrogen and oxygen atoms in total. The summed E-state index contributed by atoms with van der Waals surface area (Å²) in [6.07, 6.45) is 7.42. The highest BCUT2D eigenvalue weighted by molar-refractivity contribution is 5.76. The number of amides is 1. The molecule has 0 bridgehead atoms. The van der Waals surface area contributed by atoms with E-state index < -0.39 is 0 Å². The molecule has 0 aromatic rings. The minimum atomic E-state index is 0.353. The highest BCUT2D eigenvalue weighted by Gasteiger charge is 2.36. The second-order valence-electron chi connectivity index (χ2n) is 5.37. The average molecular weight is 240 g/mol. The number of rotatable bonds is 7. The Morgan fingerprint density at radius 2 is 1.94 bits per heavy atom. The number of hydrogen-bond donors (Lipinski definition) is 1. The van der Waals surface area contributed by atoms with Crippen LogP contribution in [0.3, 0.4) is 0 Å². The Morgan fingerprint density at radius 3 is 2.47 bits per heavy atom. The molecule has 17 heavy (non-hydrogen) atoms. The lowest BCUT2D eigenvalue weighted by Gasteiger charge is -2.26. The van der Waals surface area contributed by atoms with E-state index >= 15 is 0 Å². The van der Waals surface area contributed by atoms with Crippen molar-refractivity contribution in [1.82, 2.24) is 4.90 Å². The third-order valence-electron chi connectivity index (χ3n) is 4.39. The van der Waals surface area contributed by atoms with Crippen LogP contribution in [-0.4, -0.2) is 30.4 Å². The van der Waals surface area contributed by atoms with Crippen molar-refractivity contribution in [3.8, 4) is 0 Å². The first-order valence-electron chi connectivity index (χ1n) is 7.15. The van der Waals surface area contributed by atoms with Crippen molar-refractivity contribution in [3.05, 3.63) is 0 Å². The van der Waals surface area contributed by atoms with Gasteiger partial charge >= 0.3 is 0 Å². The van der Waals surface area contributed by atoms with Gasteiger partial charge in [0.05, 0.1) is 0 Å². The van der Waals surface area contributed by atoms with Crippen LogP contribution in [0.1, 0.15) is 58.8 Å². The molecule has 0 aromatic heterocycles. The molecule has 0 aromatic carbocycles. The number of hydrogen-bond acceptors (Lipinski definition) is 2. The summed E-state index contributed by atoms with van der Waals surface area (Å²) in [6, 6.07) is 0. The number of likely N-dealkylation sites (tertiary alicyclic amines) is 1. The van der Waals surface area contributed by atoms with Gasteiger partial charge in [0.1, 0.15) is 0 Å². The van der Waals surface area contributed by atoms with Gasteiger partial charge in [-0.2, -0.15) is 0 Å². The normalized spacial score (nSPS) is 18.6. The van der Waals surface area contributed by atoms with Gasteiger partial charge in [0.15, 0.2) is 0 Å². The van der Waals surface area contributed by atoms with E-state index in [-0.39, 0.29) is 0 Å². The van der Waals surface area contributed by atoms with E-state index in [0.717, 1.165) is 38.9 Å². The molecule has 100 valence electrons. The smallest absolute Gasteiger partial charge is 0.222 e. The zero-order valence-corrected chi connectivity index (χ0v) is 11.5. The zero-order valence-electron chi connectivity index (χ0n) is 11.5. The Hall–Kier alpha value is -0.570. The minimum Gasteiger partial charge on any atom is -0.342 e. The van der Waals surface area contributed by atoms with Gasteiger partial charge in [-0.15, -0.1) is 0 Å². The molecule has 1 amide bonds. The molecule has 2 N–H and O–H groups in total. The summed E-state index contributed by atoms with van der Waals surface area (Å²) >= 11 is 0. The van der Waals surface area contributed by atoms with Crippen LogP contribution in [0.25, 0.3) is 0 Å². The lowest BCUT2D eigenvalue weighted by Crippen LogP contribution is -2.31. The molecule has 0 saturated carbocycles. The van der Waals surface area contributed by atoms with Crippen LogP contribution in [0.15, 0.2) is 0 Å². The van der Waals surface area contributed by atoms with Crippen LogP contribution in [0.2, 0.25) is 0 Å². The average Bonchev–Trinajstić information content (AvgIpc) is 2.79. The molecule has 0 radical (unpaired) electrons. The predicted octanol–water partition coefficient (Wildman–Crippen LogP) is 2.54. The van der Waals surface area contributed by atoms with E-state index in [2.05, 4.69) is 18.7 Å². The van der Waals surface area contributed by atoms with Crippen molar-refractivity contribution in [3.63, 3.8) is 0 Å². The summed E-state index contributed by atoms with van der Waals surface area (Å²) in [5.74, 6) is 0.353. The van der Waals surface area contributed by atoms with Crippen molar-refractivity contribution < 1.29 is 4.79 Å².